The molecule has 3 amide bonds. The summed E-state index contributed by atoms with van der Waals surface area (Å²) in [5.74, 6) is -0.608. The minimum Gasteiger partial charge on any atom is -0.318 e. The molecule has 0 radical (unpaired) electrons. The number of rotatable bonds is 4. The number of nitrogens with one attached hydrogen (secondary N) is 2. The van der Waals surface area contributed by atoms with Gasteiger partial charge in [0.05, 0.1) is 11.4 Å². The van der Waals surface area contributed by atoms with Crippen molar-refractivity contribution in [2.24, 2.45) is 0 Å². The first kappa shape index (κ1) is 17.9. The Morgan fingerprint density at radius 3 is 2.27 bits per heavy atom. The van der Waals surface area contributed by atoms with Crippen molar-refractivity contribution in [1.29, 1.82) is 0 Å². The third-order valence-electron chi connectivity index (χ3n) is 4.33. The van der Waals surface area contributed by atoms with Crippen LogP contribution in [0.1, 0.15) is 11.1 Å². The zero-order chi connectivity index (χ0) is 19.1. The first-order chi connectivity index (χ1) is 12.1. The summed E-state index contributed by atoms with van der Waals surface area (Å²) in [6, 6.07) is 8.30. The smallest absolute Gasteiger partial charge is 0.318 e. The summed E-state index contributed by atoms with van der Waals surface area (Å²) in [4.78, 5) is 36.8. The van der Waals surface area contributed by atoms with Crippen LogP contribution in [0, 0.1) is 6.92 Å². The van der Waals surface area contributed by atoms with E-state index in [2.05, 4.69) is 10.6 Å². The van der Waals surface area contributed by atoms with E-state index in [4.69, 9.17) is 0 Å². The van der Waals surface area contributed by atoms with Gasteiger partial charge in [0.2, 0.25) is 0 Å². The number of carbonyl (C=O) groups excluding carboxylic acids is 2. The van der Waals surface area contributed by atoms with Crippen molar-refractivity contribution in [3.63, 3.8) is 0 Å². The predicted molar refractivity (Wildman–Crippen MR) is 93.3 cm³/mol. The average molecular weight is 375 g/mol. The lowest BCUT2D eigenvalue weighted by Crippen LogP contribution is -2.49. The lowest BCUT2D eigenvalue weighted by atomic mass is 9.89. The number of pyridine rings is 1. The van der Waals surface area contributed by atoms with E-state index in [1.54, 1.807) is 19.1 Å². The fraction of sp³-hybridized carbons (Fsp3) is 0.235. The highest BCUT2D eigenvalue weighted by Crippen LogP contribution is 2.28. The summed E-state index contributed by atoms with van der Waals surface area (Å²) in [5.41, 5.74) is -0.917. The molecule has 2 N–H and O–H groups in total. The largest absolute Gasteiger partial charge is 0.322 e. The summed E-state index contributed by atoms with van der Waals surface area (Å²) in [7, 11) is -3.40. The number of nitrogens with zero attached hydrogens (tertiary/aromatic N) is 1. The van der Waals surface area contributed by atoms with Crippen LogP contribution in [-0.2, 0) is 26.7 Å². The van der Waals surface area contributed by atoms with Crippen LogP contribution >= 0.6 is 0 Å². The highest BCUT2D eigenvalue weighted by Gasteiger charge is 2.48. The zero-order valence-corrected chi connectivity index (χ0v) is 15.0. The summed E-state index contributed by atoms with van der Waals surface area (Å²) < 4.78 is 24.6. The summed E-state index contributed by atoms with van der Waals surface area (Å²) in [6.07, 6.45) is 2.61. The van der Waals surface area contributed by atoms with E-state index in [9.17, 15) is 22.8 Å². The SMILES string of the molecule is Cc1cccn(CC2(c3ccc(S(C)(=O)=O)cc3)NC(=O)NC2=O)c1=O. The van der Waals surface area contributed by atoms with Crippen LogP contribution in [0.2, 0.25) is 0 Å². The van der Waals surface area contributed by atoms with Gasteiger partial charge in [0, 0.05) is 18.0 Å². The minimum atomic E-state index is -3.40. The molecule has 8 nitrogen and oxygen atoms in total. The number of urea groups is 1. The molecule has 1 saturated heterocycles. The Bertz CT molecular complexity index is 1060. The molecule has 0 bridgehead atoms. The van der Waals surface area contributed by atoms with Gasteiger partial charge in [0.15, 0.2) is 15.4 Å². The van der Waals surface area contributed by atoms with Crippen molar-refractivity contribution in [1.82, 2.24) is 15.2 Å². The quantitative estimate of drug-likeness (QED) is 0.746. The summed E-state index contributed by atoms with van der Waals surface area (Å²) in [6.45, 7) is 1.53. The maximum atomic E-state index is 12.6. The molecule has 1 fully saturated rings. The van der Waals surface area contributed by atoms with Crippen molar-refractivity contribution < 1.29 is 18.0 Å². The number of amides is 3. The second-order valence-corrected chi connectivity index (χ2v) is 8.25. The van der Waals surface area contributed by atoms with Crippen LogP contribution in [0.4, 0.5) is 4.79 Å². The molecule has 1 unspecified atom stereocenters. The van der Waals surface area contributed by atoms with Crippen LogP contribution in [0.3, 0.4) is 0 Å². The molecular weight excluding hydrogens is 358 g/mol. The van der Waals surface area contributed by atoms with Gasteiger partial charge >= 0.3 is 6.03 Å². The van der Waals surface area contributed by atoms with E-state index in [-0.39, 0.29) is 17.0 Å². The first-order valence-corrected chi connectivity index (χ1v) is 9.63. The van der Waals surface area contributed by atoms with Crippen LogP contribution in [0.25, 0.3) is 0 Å². The van der Waals surface area contributed by atoms with Gasteiger partial charge in [-0.25, -0.2) is 13.2 Å². The van der Waals surface area contributed by atoms with E-state index >= 15 is 0 Å². The Kier molecular flexibility index (Phi) is 4.19. The maximum absolute atomic E-state index is 12.6. The van der Waals surface area contributed by atoms with Gasteiger partial charge in [-0.1, -0.05) is 18.2 Å². The molecule has 2 heterocycles. The summed E-state index contributed by atoms with van der Waals surface area (Å²) >= 11 is 0. The van der Waals surface area contributed by atoms with Crippen LogP contribution in [0.15, 0.2) is 52.3 Å². The van der Waals surface area contributed by atoms with Crippen molar-refractivity contribution in [3.8, 4) is 0 Å². The topological polar surface area (TPSA) is 114 Å². The molecule has 136 valence electrons. The molecular formula is C17H17N3O5S. The Morgan fingerprint density at radius 1 is 1.08 bits per heavy atom. The molecule has 0 spiro atoms. The van der Waals surface area contributed by atoms with Gasteiger partial charge in [-0.2, -0.15) is 0 Å². The minimum absolute atomic E-state index is 0.0915. The Morgan fingerprint density at radius 2 is 1.73 bits per heavy atom. The van der Waals surface area contributed by atoms with E-state index in [1.165, 1.54) is 35.0 Å². The van der Waals surface area contributed by atoms with E-state index in [1.807, 2.05) is 0 Å². The van der Waals surface area contributed by atoms with Crippen LogP contribution in [-0.4, -0.2) is 31.2 Å². The van der Waals surface area contributed by atoms with E-state index < -0.39 is 27.3 Å². The molecule has 2 aromatic rings. The number of hydrogen-bond donors (Lipinski definition) is 2. The molecule has 3 rings (SSSR count). The van der Waals surface area contributed by atoms with Gasteiger partial charge in [-0.3, -0.25) is 14.9 Å². The number of aromatic nitrogens is 1. The molecule has 0 saturated carbocycles. The highest BCUT2D eigenvalue weighted by molar-refractivity contribution is 7.90. The van der Waals surface area contributed by atoms with Crippen LogP contribution < -0.4 is 16.2 Å². The zero-order valence-electron chi connectivity index (χ0n) is 14.1. The molecule has 1 aliphatic heterocycles. The standard InChI is InChI=1S/C17H17N3O5S/c1-11-4-3-9-20(14(11)21)10-17(15(22)18-16(23)19-17)12-5-7-13(8-6-12)26(2,24)25/h3-9H,10H2,1-2H3,(H2,18,19,22,23). The van der Waals surface area contributed by atoms with Crippen molar-refractivity contribution in [2.75, 3.05) is 6.26 Å². The molecule has 26 heavy (non-hydrogen) atoms. The fourth-order valence-electron chi connectivity index (χ4n) is 2.92. The predicted octanol–water partition coefficient (Wildman–Crippen LogP) is 0.295. The molecule has 1 aliphatic rings. The number of benzene rings is 1. The highest BCUT2D eigenvalue weighted by atomic mass is 32.2. The van der Waals surface area contributed by atoms with Gasteiger partial charge in [-0.05, 0) is 30.7 Å². The average Bonchev–Trinajstić information content (AvgIpc) is 2.86. The number of aryl methyl sites for hydroxylation is 1. The fourth-order valence-corrected chi connectivity index (χ4v) is 3.55. The summed E-state index contributed by atoms with van der Waals surface area (Å²) in [5, 5.41) is 4.76. The lowest BCUT2D eigenvalue weighted by Gasteiger charge is -2.27. The second kappa shape index (κ2) is 6.10. The molecule has 0 aliphatic carbocycles. The van der Waals surface area contributed by atoms with Gasteiger partial charge < -0.3 is 9.88 Å². The monoisotopic (exact) mass is 375 g/mol. The number of carbonyl (C=O) groups is 2. The van der Waals surface area contributed by atoms with E-state index in [0.29, 0.717) is 11.1 Å². The van der Waals surface area contributed by atoms with Crippen molar-refractivity contribution >= 4 is 21.8 Å². The normalized spacial score (nSPS) is 19.9. The van der Waals surface area contributed by atoms with Crippen LogP contribution in [0.5, 0.6) is 0 Å². The van der Waals surface area contributed by atoms with Gasteiger partial charge in [0.1, 0.15) is 0 Å². The van der Waals surface area contributed by atoms with Crippen molar-refractivity contribution in [3.05, 3.63) is 64.1 Å². The Balaban J connectivity index is 2.11. The first-order valence-electron chi connectivity index (χ1n) is 7.74. The number of sulfone groups is 1. The Hall–Kier alpha value is -2.94. The van der Waals surface area contributed by atoms with E-state index in [0.717, 1.165) is 6.26 Å². The molecule has 1 atom stereocenters. The molecule has 1 aromatic carbocycles. The maximum Gasteiger partial charge on any atom is 0.322 e. The van der Waals surface area contributed by atoms with Gasteiger partial charge in [0.25, 0.3) is 11.5 Å². The number of hydrogen-bond acceptors (Lipinski definition) is 5. The third kappa shape index (κ3) is 3.01. The third-order valence-corrected chi connectivity index (χ3v) is 5.46. The van der Waals surface area contributed by atoms with Crippen molar-refractivity contribution in [2.45, 2.75) is 23.9 Å². The second-order valence-electron chi connectivity index (χ2n) is 6.23. The van der Waals surface area contributed by atoms with Gasteiger partial charge in [-0.15, -0.1) is 0 Å². The Labute approximate surface area is 149 Å². The lowest BCUT2D eigenvalue weighted by molar-refractivity contribution is -0.124. The number of imide groups is 1. The molecule has 9 heteroatoms. The molecule has 1 aromatic heterocycles.